The molecule has 6 rings (SSSR count). The van der Waals surface area contributed by atoms with E-state index in [2.05, 4.69) is 0 Å². The Morgan fingerprint density at radius 2 is 0.794 bits per heavy atom. The van der Waals surface area contributed by atoms with Gasteiger partial charge >= 0.3 is 0 Å². The summed E-state index contributed by atoms with van der Waals surface area (Å²) in [6.07, 6.45) is 0. The van der Waals surface area contributed by atoms with Gasteiger partial charge in [0.2, 0.25) is 0 Å². The molecule has 6 aromatic rings. The van der Waals surface area contributed by atoms with Gasteiger partial charge in [-0.1, -0.05) is 59.6 Å². The van der Waals surface area contributed by atoms with E-state index in [1.54, 1.807) is 48.2 Å². The quantitative estimate of drug-likeness (QED) is 0.0462. The molecule has 68 heavy (non-hydrogen) atoms. The zero-order valence-corrected chi connectivity index (χ0v) is 39.6. The molecule has 0 aliphatic rings. The third kappa shape index (κ3) is 13.4. The molecule has 0 unspecified atom stereocenters. The van der Waals surface area contributed by atoms with Crippen molar-refractivity contribution in [2.45, 2.75) is 65.4 Å². The monoisotopic (exact) mass is 980 g/mol. The molecule has 10 nitrogen and oxygen atoms in total. The van der Waals surface area contributed by atoms with Crippen LogP contribution in [0.5, 0.6) is 23.0 Å². The topological polar surface area (TPSA) is 124 Å². The van der Waals surface area contributed by atoms with Crippen LogP contribution >= 0.6 is 23.2 Å². The maximum atomic E-state index is 14.0. The highest BCUT2D eigenvalue weighted by molar-refractivity contribution is 6.32. The molecular formula is C52H54Cl2F4N2O8. The highest BCUT2D eigenvalue weighted by Crippen LogP contribution is 2.38. The van der Waals surface area contributed by atoms with E-state index in [4.69, 9.17) is 42.1 Å². The van der Waals surface area contributed by atoms with Crippen molar-refractivity contribution in [1.82, 2.24) is 9.80 Å². The Morgan fingerprint density at radius 3 is 1.13 bits per heavy atom. The Labute approximate surface area is 403 Å². The van der Waals surface area contributed by atoms with Crippen LogP contribution in [0, 0.1) is 37.1 Å². The summed E-state index contributed by atoms with van der Waals surface area (Å²) in [5.41, 5.74) is 7.25. The first kappa shape index (κ1) is 52.0. The van der Waals surface area contributed by atoms with Gasteiger partial charge in [-0.2, -0.15) is 0 Å². The summed E-state index contributed by atoms with van der Waals surface area (Å²) in [5.74, 6) is -1.69. The number of likely N-dealkylation sites (N-methyl/N-ethyl adjacent to an activating group) is 2. The Hall–Kier alpha value is -5.42. The second-order valence-electron chi connectivity index (χ2n) is 16.5. The first-order chi connectivity index (χ1) is 32.6. The van der Waals surface area contributed by atoms with E-state index in [1.165, 1.54) is 24.3 Å². The lowest BCUT2D eigenvalue weighted by atomic mass is 9.92. The molecule has 0 saturated heterocycles. The fourth-order valence-corrected chi connectivity index (χ4v) is 8.12. The van der Waals surface area contributed by atoms with E-state index in [9.17, 15) is 38.0 Å². The number of halogens is 6. The number of benzene rings is 6. The average molecular weight is 982 g/mol. The number of rotatable bonds is 23. The zero-order valence-electron chi connectivity index (χ0n) is 38.0. The highest BCUT2D eigenvalue weighted by Gasteiger charge is 2.21. The summed E-state index contributed by atoms with van der Waals surface area (Å²) in [5, 5.41) is 39.6. The molecule has 0 heterocycles. The van der Waals surface area contributed by atoms with Crippen molar-refractivity contribution in [1.29, 1.82) is 0 Å². The standard InChI is InChI=1S/C52H54Cl2F4N2O8/c1-31-35(29-67-51-19-49(65-27-33-11-39(55)17-40(56)12-33)37(15-47(51)53)21-59(3)43(23-61)24-62)7-5-9-45(31)46-10-6-8-36(32(46)2)30-68-52-20-50(66-28-34-13-41(57)18-42(58)14-34)38(16-48(52)54)22-60(4)44(25-63)26-64/h5-20,43-44,61-64H,21-30H2,1-4H3. The van der Waals surface area contributed by atoms with Gasteiger partial charge < -0.3 is 39.4 Å². The second-order valence-corrected chi connectivity index (χ2v) is 17.4. The average Bonchev–Trinajstić information content (AvgIpc) is 3.29. The van der Waals surface area contributed by atoms with Gasteiger partial charge in [0.1, 0.15) is 72.7 Å². The number of nitrogens with zero attached hydrogens (tertiary/aromatic N) is 2. The summed E-state index contributed by atoms with van der Waals surface area (Å²) in [4.78, 5) is 3.47. The fourth-order valence-electron chi connectivity index (χ4n) is 7.64. The first-order valence-electron chi connectivity index (χ1n) is 21.7. The van der Waals surface area contributed by atoms with Crippen molar-refractivity contribution in [2.24, 2.45) is 0 Å². The van der Waals surface area contributed by atoms with Gasteiger partial charge in [0.05, 0.1) is 48.6 Å². The van der Waals surface area contributed by atoms with Crippen LogP contribution in [0.1, 0.15) is 44.5 Å². The highest BCUT2D eigenvalue weighted by atomic mass is 35.5. The lowest BCUT2D eigenvalue weighted by Gasteiger charge is -2.26. The van der Waals surface area contributed by atoms with Crippen molar-refractivity contribution in [3.8, 4) is 34.1 Å². The predicted molar refractivity (Wildman–Crippen MR) is 253 cm³/mol. The minimum Gasteiger partial charge on any atom is -0.488 e. The van der Waals surface area contributed by atoms with Crippen molar-refractivity contribution < 1.29 is 56.9 Å². The number of hydrogen-bond donors (Lipinski definition) is 4. The number of aliphatic hydroxyl groups is 4. The van der Waals surface area contributed by atoms with Crippen LogP contribution in [0.25, 0.3) is 11.1 Å². The molecule has 0 aliphatic carbocycles. The molecule has 362 valence electrons. The number of ether oxygens (including phenoxy) is 4. The lowest BCUT2D eigenvalue weighted by Crippen LogP contribution is -2.37. The van der Waals surface area contributed by atoms with Crippen molar-refractivity contribution in [3.63, 3.8) is 0 Å². The maximum absolute atomic E-state index is 14.0. The minimum absolute atomic E-state index is 0.121. The molecule has 0 atom stereocenters. The first-order valence-corrected chi connectivity index (χ1v) is 22.4. The van der Waals surface area contributed by atoms with Crippen LogP contribution in [-0.2, 0) is 39.5 Å². The van der Waals surface area contributed by atoms with E-state index in [-0.39, 0.29) is 87.1 Å². The van der Waals surface area contributed by atoms with Crippen molar-refractivity contribution in [2.75, 3.05) is 40.5 Å². The summed E-state index contributed by atoms with van der Waals surface area (Å²) < 4.78 is 80.9. The van der Waals surface area contributed by atoms with Gasteiger partial charge in [0.15, 0.2) is 0 Å². The third-order valence-corrected chi connectivity index (χ3v) is 12.3. The molecule has 6 aromatic carbocycles. The normalized spacial score (nSPS) is 11.6. The molecule has 0 radical (unpaired) electrons. The predicted octanol–water partition coefficient (Wildman–Crippen LogP) is 9.72. The summed E-state index contributed by atoms with van der Waals surface area (Å²) in [6.45, 7) is 3.19. The van der Waals surface area contributed by atoms with Gasteiger partial charge in [0.25, 0.3) is 0 Å². The van der Waals surface area contributed by atoms with E-state index >= 15 is 0 Å². The van der Waals surface area contributed by atoms with Crippen LogP contribution in [0.4, 0.5) is 17.6 Å². The molecular weight excluding hydrogens is 927 g/mol. The molecule has 16 heteroatoms. The van der Waals surface area contributed by atoms with E-state index < -0.39 is 35.4 Å². The SMILES string of the molecule is Cc1c(COc2cc(OCc3cc(F)cc(F)c3)c(CN(C)C(CO)CO)cc2Cl)cccc1-c1cccc(COc2cc(OCc3cc(F)cc(F)c3)c(CN(C)C(CO)CO)cc2Cl)c1C. The Bertz CT molecular complexity index is 2450. The van der Waals surface area contributed by atoms with Gasteiger partial charge in [0, 0.05) is 48.5 Å². The summed E-state index contributed by atoms with van der Waals surface area (Å²) in [7, 11) is 3.45. The van der Waals surface area contributed by atoms with Gasteiger partial charge in [-0.15, -0.1) is 0 Å². The molecule has 0 bridgehead atoms. The summed E-state index contributed by atoms with van der Waals surface area (Å²) in [6, 6.07) is 23.5. The summed E-state index contributed by atoms with van der Waals surface area (Å²) >= 11 is 13.6. The van der Waals surface area contributed by atoms with Gasteiger partial charge in [-0.25, -0.2) is 17.6 Å². The molecule has 4 N–H and O–H groups in total. The third-order valence-electron chi connectivity index (χ3n) is 11.7. The van der Waals surface area contributed by atoms with Crippen LogP contribution in [0.3, 0.4) is 0 Å². The van der Waals surface area contributed by atoms with Gasteiger partial charge in [-0.05, 0) is 109 Å². The smallest absolute Gasteiger partial charge is 0.142 e. The van der Waals surface area contributed by atoms with Crippen LogP contribution < -0.4 is 18.9 Å². The van der Waals surface area contributed by atoms with E-state index in [0.717, 1.165) is 45.5 Å². The number of hydrogen-bond acceptors (Lipinski definition) is 10. The lowest BCUT2D eigenvalue weighted by molar-refractivity contribution is 0.0863. The molecule has 0 saturated carbocycles. The fraction of sp³-hybridized carbons (Fsp3) is 0.308. The molecule has 0 aromatic heterocycles. The molecule has 0 fully saturated rings. The van der Waals surface area contributed by atoms with Crippen LogP contribution in [-0.4, -0.2) is 82.8 Å². The minimum atomic E-state index is -0.739. The molecule has 0 aliphatic heterocycles. The Balaban J connectivity index is 1.22. The van der Waals surface area contributed by atoms with Crippen LogP contribution in [0.2, 0.25) is 10.0 Å². The number of aliphatic hydroxyl groups excluding tert-OH is 4. The zero-order chi connectivity index (χ0) is 49.1. The largest absolute Gasteiger partial charge is 0.488 e. The maximum Gasteiger partial charge on any atom is 0.142 e. The van der Waals surface area contributed by atoms with Crippen molar-refractivity contribution >= 4 is 23.2 Å². The van der Waals surface area contributed by atoms with E-state index in [1.807, 2.05) is 50.2 Å². The van der Waals surface area contributed by atoms with Crippen molar-refractivity contribution in [3.05, 3.63) is 175 Å². The van der Waals surface area contributed by atoms with Crippen LogP contribution in [0.15, 0.2) is 97.1 Å². The molecule has 0 amide bonds. The Morgan fingerprint density at radius 1 is 0.456 bits per heavy atom. The second kappa shape index (κ2) is 24.2. The Kier molecular flexibility index (Phi) is 18.5. The van der Waals surface area contributed by atoms with E-state index in [0.29, 0.717) is 34.1 Å². The van der Waals surface area contributed by atoms with Gasteiger partial charge in [-0.3, -0.25) is 9.80 Å². The molecule has 0 spiro atoms.